The van der Waals surface area contributed by atoms with Crippen LogP contribution in [0.4, 0.5) is 0 Å². The normalized spacial score (nSPS) is 33.8. The van der Waals surface area contributed by atoms with E-state index in [0.29, 0.717) is 30.3 Å². The van der Waals surface area contributed by atoms with Crippen LogP contribution >= 0.6 is 0 Å². The molecule has 0 heterocycles. The summed E-state index contributed by atoms with van der Waals surface area (Å²) in [7, 11) is -1.78. The van der Waals surface area contributed by atoms with Gasteiger partial charge in [0.05, 0.1) is 18.1 Å². The van der Waals surface area contributed by atoms with Crippen molar-refractivity contribution in [1.29, 1.82) is 5.26 Å². The first-order chi connectivity index (χ1) is 13.2. The highest BCUT2D eigenvalue weighted by Gasteiger charge is 2.55. The number of nitriles is 1. The van der Waals surface area contributed by atoms with Crippen molar-refractivity contribution >= 4 is 8.32 Å². The Hall–Kier alpha value is -0.373. The minimum Gasteiger partial charge on any atom is -0.414 e. The van der Waals surface area contributed by atoms with Crippen LogP contribution < -0.4 is 0 Å². The lowest BCUT2D eigenvalue weighted by atomic mass is 9.60. The maximum Gasteiger partial charge on any atom is 0.192 e. The Balaban J connectivity index is 2.18. The van der Waals surface area contributed by atoms with Crippen LogP contribution in [0.3, 0.4) is 0 Å². The molecule has 0 aromatic rings. The second-order valence-electron chi connectivity index (χ2n) is 12.2. The molecule has 0 amide bonds. The maximum atomic E-state index is 10.4. The minimum atomic E-state index is -1.78. The van der Waals surface area contributed by atoms with Crippen molar-refractivity contribution in [3.8, 4) is 6.07 Å². The van der Waals surface area contributed by atoms with E-state index in [2.05, 4.69) is 53.8 Å². The standard InChI is InChI=1S/C25H47NO2Si/c1-17(2)22(27)15-19(16-26)18(3)20-12-13-21-23(11-10-14-25(20,21)7)28-29(8,9)24(4,5)6/h17-23,27H,10-15H2,1-9H3/t18-,19?,20-,21+,22-,23+,25-/m1/s1. The summed E-state index contributed by atoms with van der Waals surface area (Å²) in [6.07, 6.45) is 6.74. The number of aliphatic hydroxyl groups is 1. The van der Waals surface area contributed by atoms with E-state index in [-0.39, 0.29) is 28.4 Å². The smallest absolute Gasteiger partial charge is 0.192 e. The summed E-state index contributed by atoms with van der Waals surface area (Å²) in [5.74, 6) is 1.65. The van der Waals surface area contributed by atoms with Crippen molar-refractivity contribution in [2.24, 2.45) is 35.0 Å². The number of fused-ring (bicyclic) bond motifs is 1. The lowest BCUT2D eigenvalue weighted by Crippen LogP contribution is -2.50. The predicted octanol–water partition coefficient (Wildman–Crippen LogP) is 6.78. The Kier molecular flexibility index (Phi) is 7.73. The molecule has 0 aromatic heterocycles. The Morgan fingerprint density at radius 2 is 1.79 bits per heavy atom. The molecule has 0 spiro atoms. The van der Waals surface area contributed by atoms with Crippen molar-refractivity contribution in [3.05, 3.63) is 0 Å². The third kappa shape index (κ3) is 5.10. The second kappa shape index (κ2) is 9.01. The van der Waals surface area contributed by atoms with Crippen LogP contribution in [0.5, 0.6) is 0 Å². The molecule has 2 aliphatic carbocycles. The molecule has 0 aliphatic heterocycles. The number of hydrogen-bond acceptors (Lipinski definition) is 3. The van der Waals surface area contributed by atoms with Crippen LogP contribution in [0.2, 0.25) is 18.1 Å². The van der Waals surface area contributed by atoms with Gasteiger partial charge in [-0.1, -0.05) is 54.9 Å². The van der Waals surface area contributed by atoms with Crippen molar-refractivity contribution in [2.75, 3.05) is 0 Å². The molecule has 168 valence electrons. The van der Waals surface area contributed by atoms with Crippen LogP contribution in [0.1, 0.15) is 87.0 Å². The van der Waals surface area contributed by atoms with Gasteiger partial charge in [-0.3, -0.25) is 0 Å². The van der Waals surface area contributed by atoms with Crippen LogP contribution in [0.25, 0.3) is 0 Å². The average Bonchev–Trinajstić information content (AvgIpc) is 2.95. The molecule has 0 bridgehead atoms. The van der Waals surface area contributed by atoms with Crippen molar-refractivity contribution < 1.29 is 9.53 Å². The van der Waals surface area contributed by atoms with Crippen LogP contribution in [-0.2, 0) is 4.43 Å². The van der Waals surface area contributed by atoms with E-state index in [0.717, 1.165) is 0 Å². The second-order valence-corrected chi connectivity index (χ2v) is 17.0. The zero-order valence-electron chi connectivity index (χ0n) is 20.6. The van der Waals surface area contributed by atoms with E-state index in [1.807, 2.05) is 13.8 Å². The van der Waals surface area contributed by atoms with Crippen LogP contribution in [-0.4, -0.2) is 25.6 Å². The minimum absolute atomic E-state index is 0.0605. The van der Waals surface area contributed by atoms with Gasteiger partial charge in [0.25, 0.3) is 0 Å². The molecule has 0 radical (unpaired) electrons. The SMILES string of the molecule is CC(C)[C@H](O)CC(C#N)[C@@H](C)[C@H]1CC[C@H]2[C@@H](O[Si](C)(C)C(C)(C)C)CCC[C@]12C. The molecule has 2 fully saturated rings. The van der Waals surface area contributed by atoms with Crippen molar-refractivity contribution in [1.82, 2.24) is 0 Å². The zero-order chi connectivity index (χ0) is 22.2. The van der Waals surface area contributed by atoms with Gasteiger partial charge in [-0.15, -0.1) is 0 Å². The molecule has 7 atom stereocenters. The molecule has 0 saturated heterocycles. The van der Waals surface area contributed by atoms with Crippen molar-refractivity contribution in [3.63, 3.8) is 0 Å². The van der Waals surface area contributed by atoms with Gasteiger partial charge in [-0.25, -0.2) is 0 Å². The molecule has 29 heavy (non-hydrogen) atoms. The predicted molar refractivity (Wildman–Crippen MR) is 124 cm³/mol. The summed E-state index contributed by atoms with van der Waals surface area (Å²) >= 11 is 0. The third-order valence-corrected chi connectivity index (χ3v) is 13.6. The summed E-state index contributed by atoms with van der Waals surface area (Å²) in [5, 5.41) is 20.5. The van der Waals surface area contributed by atoms with Gasteiger partial charge >= 0.3 is 0 Å². The van der Waals surface area contributed by atoms with E-state index < -0.39 is 8.32 Å². The van der Waals surface area contributed by atoms with E-state index in [1.165, 1.54) is 32.1 Å². The number of hydrogen-bond donors (Lipinski definition) is 1. The molecule has 3 nitrogen and oxygen atoms in total. The quantitative estimate of drug-likeness (QED) is 0.461. The number of rotatable bonds is 7. The monoisotopic (exact) mass is 421 g/mol. The van der Waals surface area contributed by atoms with Gasteiger partial charge in [0.15, 0.2) is 8.32 Å². The van der Waals surface area contributed by atoms with Gasteiger partial charge in [-0.05, 0) is 79.3 Å². The topological polar surface area (TPSA) is 53.2 Å². The highest BCUT2D eigenvalue weighted by molar-refractivity contribution is 6.74. The fourth-order valence-corrected chi connectivity index (χ4v) is 7.31. The van der Waals surface area contributed by atoms with Gasteiger partial charge in [-0.2, -0.15) is 5.26 Å². The Morgan fingerprint density at radius 3 is 2.31 bits per heavy atom. The van der Waals surface area contributed by atoms with E-state index in [9.17, 15) is 10.4 Å². The van der Waals surface area contributed by atoms with Crippen LogP contribution in [0.15, 0.2) is 0 Å². The van der Waals surface area contributed by atoms with Gasteiger partial charge < -0.3 is 9.53 Å². The molecular formula is C25H47NO2Si. The molecule has 2 saturated carbocycles. The Labute approximate surface area is 181 Å². The lowest BCUT2D eigenvalue weighted by Gasteiger charge is -2.50. The average molecular weight is 422 g/mol. The summed E-state index contributed by atoms with van der Waals surface area (Å²) in [6.45, 7) is 20.6. The fraction of sp³-hybridized carbons (Fsp3) is 0.960. The molecule has 4 heteroatoms. The maximum absolute atomic E-state index is 10.4. The van der Waals surface area contributed by atoms with Gasteiger partial charge in [0, 0.05) is 6.10 Å². The first-order valence-electron chi connectivity index (χ1n) is 12.0. The van der Waals surface area contributed by atoms with Crippen LogP contribution in [0, 0.1) is 46.3 Å². The van der Waals surface area contributed by atoms with Gasteiger partial charge in [0.1, 0.15) is 0 Å². The van der Waals surface area contributed by atoms with Crippen molar-refractivity contribution in [2.45, 2.75) is 117 Å². The highest BCUT2D eigenvalue weighted by atomic mass is 28.4. The first-order valence-corrected chi connectivity index (χ1v) is 14.9. The Morgan fingerprint density at radius 1 is 1.17 bits per heavy atom. The Bertz CT molecular complexity index is 591. The largest absolute Gasteiger partial charge is 0.414 e. The lowest BCUT2D eigenvalue weighted by molar-refractivity contribution is -0.0271. The highest BCUT2D eigenvalue weighted by Crippen LogP contribution is 2.60. The fourth-order valence-electron chi connectivity index (χ4n) is 5.92. The number of aliphatic hydroxyl groups excluding tert-OH is 1. The molecular weight excluding hydrogens is 374 g/mol. The molecule has 0 aromatic carbocycles. The molecule has 1 N–H and O–H groups in total. The summed E-state index contributed by atoms with van der Waals surface area (Å²) in [4.78, 5) is 0. The molecule has 2 aliphatic rings. The van der Waals surface area contributed by atoms with E-state index in [4.69, 9.17) is 4.43 Å². The van der Waals surface area contributed by atoms with Gasteiger partial charge in [0.2, 0.25) is 0 Å². The number of nitrogens with zero attached hydrogens (tertiary/aromatic N) is 1. The van der Waals surface area contributed by atoms with E-state index >= 15 is 0 Å². The van der Waals surface area contributed by atoms with E-state index in [1.54, 1.807) is 0 Å². The summed E-state index contributed by atoms with van der Waals surface area (Å²) in [6, 6.07) is 2.56. The molecule has 2 rings (SSSR count). The third-order valence-electron chi connectivity index (χ3n) is 9.09. The summed E-state index contributed by atoms with van der Waals surface area (Å²) < 4.78 is 6.97. The summed E-state index contributed by atoms with van der Waals surface area (Å²) in [5.41, 5.74) is 0.266. The zero-order valence-corrected chi connectivity index (χ0v) is 21.6. The molecule has 1 unspecified atom stereocenters. The first kappa shape index (κ1) is 24.9.